The number of hydrogen-bond acceptors (Lipinski definition) is 4. The predicted molar refractivity (Wildman–Crippen MR) is 79.8 cm³/mol. The highest BCUT2D eigenvalue weighted by Gasteiger charge is 2.20. The Labute approximate surface area is 127 Å². The molecule has 1 N–H and O–H groups in total. The predicted octanol–water partition coefficient (Wildman–Crippen LogP) is 2.55. The van der Waals surface area contributed by atoms with Crippen molar-refractivity contribution in [2.24, 2.45) is 0 Å². The van der Waals surface area contributed by atoms with Gasteiger partial charge in [-0.25, -0.2) is 0 Å². The van der Waals surface area contributed by atoms with Crippen LogP contribution in [0.25, 0.3) is 0 Å². The number of carbonyl (C=O) groups excluding carboxylic acids is 1. The highest BCUT2D eigenvalue weighted by molar-refractivity contribution is 5.94. The van der Waals surface area contributed by atoms with Gasteiger partial charge in [0.15, 0.2) is 0 Å². The number of furan rings is 1. The average molecular weight is 296 g/mol. The summed E-state index contributed by atoms with van der Waals surface area (Å²) in [6.45, 7) is 2.68. The fourth-order valence-corrected chi connectivity index (χ4v) is 2.24. The zero-order valence-electron chi connectivity index (χ0n) is 12.2. The SMILES string of the molecule is Cc1[nH]ncc1C(=O)N(Cc1cccnc1)Cc1ccco1. The maximum absolute atomic E-state index is 12.8. The van der Waals surface area contributed by atoms with Crippen LogP contribution < -0.4 is 0 Å². The van der Waals surface area contributed by atoms with Crippen molar-refractivity contribution in [3.05, 3.63) is 71.7 Å². The number of pyridine rings is 1. The zero-order valence-corrected chi connectivity index (χ0v) is 12.2. The molecule has 0 aliphatic rings. The van der Waals surface area contributed by atoms with Gasteiger partial charge in [-0.3, -0.25) is 14.9 Å². The maximum atomic E-state index is 12.8. The van der Waals surface area contributed by atoms with Crippen molar-refractivity contribution in [2.45, 2.75) is 20.0 Å². The third-order valence-electron chi connectivity index (χ3n) is 3.37. The Morgan fingerprint density at radius 1 is 1.27 bits per heavy atom. The summed E-state index contributed by atoms with van der Waals surface area (Å²) in [7, 11) is 0. The topological polar surface area (TPSA) is 75.0 Å². The molecule has 0 atom stereocenters. The summed E-state index contributed by atoms with van der Waals surface area (Å²) < 4.78 is 5.37. The number of hydrogen-bond donors (Lipinski definition) is 1. The van der Waals surface area contributed by atoms with E-state index in [9.17, 15) is 4.79 Å². The summed E-state index contributed by atoms with van der Waals surface area (Å²) in [6.07, 6.45) is 6.62. The van der Waals surface area contributed by atoms with Gasteiger partial charge in [0.05, 0.1) is 24.6 Å². The number of H-pyrrole nitrogens is 1. The molecule has 1 amide bonds. The summed E-state index contributed by atoms with van der Waals surface area (Å²) in [5.74, 6) is 0.643. The Morgan fingerprint density at radius 2 is 2.18 bits per heavy atom. The first-order valence-corrected chi connectivity index (χ1v) is 6.94. The molecular weight excluding hydrogens is 280 g/mol. The lowest BCUT2D eigenvalue weighted by Crippen LogP contribution is -2.30. The highest BCUT2D eigenvalue weighted by Crippen LogP contribution is 2.15. The Morgan fingerprint density at radius 3 is 2.82 bits per heavy atom. The Kier molecular flexibility index (Phi) is 4.00. The first kappa shape index (κ1) is 14.1. The lowest BCUT2D eigenvalue weighted by Gasteiger charge is -2.21. The number of nitrogens with one attached hydrogen (secondary N) is 1. The van der Waals surface area contributed by atoms with Crippen LogP contribution in [0.15, 0.2) is 53.5 Å². The number of carbonyl (C=O) groups is 1. The zero-order chi connectivity index (χ0) is 15.4. The van der Waals surface area contributed by atoms with Crippen molar-refractivity contribution < 1.29 is 9.21 Å². The minimum Gasteiger partial charge on any atom is -0.467 e. The molecule has 0 radical (unpaired) electrons. The van der Waals surface area contributed by atoms with E-state index < -0.39 is 0 Å². The van der Waals surface area contributed by atoms with Gasteiger partial charge in [-0.1, -0.05) is 6.07 Å². The van der Waals surface area contributed by atoms with Crippen LogP contribution in [0.4, 0.5) is 0 Å². The van der Waals surface area contributed by atoms with Crippen LogP contribution in [-0.2, 0) is 13.1 Å². The van der Waals surface area contributed by atoms with Crippen molar-refractivity contribution in [3.8, 4) is 0 Å². The smallest absolute Gasteiger partial charge is 0.258 e. The molecule has 3 aromatic heterocycles. The van der Waals surface area contributed by atoms with E-state index in [1.54, 1.807) is 29.8 Å². The molecule has 0 saturated heterocycles. The highest BCUT2D eigenvalue weighted by atomic mass is 16.3. The summed E-state index contributed by atoms with van der Waals surface area (Å²) in [5, 5.41) is 6.71. The van der Waals surface area contributed by atoms with Crippen LogP contribution >= 0.6 is 0 Å². The lowest BCUT2D eigenvalue weighted by molar-refractivity contribution is 0.0717. The largest absolute Gasteiger partial charge is 0.467 e. The van der Waals surface area contributed by atoms with Gasteiger partial charge in [0.1, 0.15) is 5.76 Å². The minimum absolute atomic E-state index is 0.0912. The van der Waals surface area contributed by atoms with Crippen molar-refractivity contribution in [3.63, 3.8) is 0 Å². The number of rotatable bonds is 5. The van der Waals surface area contributed by atoms with E-state index in [0.717, 1.165) is 17.0 Å². The fraction of sp³-hybridized carbons (Fsp3) is 0.188. The molecule has 0 fully saturated rings. The van der Waals surface area contributed by atoms with E-state index in [1.165, 1.54) is 0 Å². The van der Waals surface area contributed by atoms with E-state index in [2.05, 4.69) is 15.2 Å². The summed E-state index contributed by atoms with van der Waals surface area (Å²) in [4.78, 5) is 18.6. The second kappa shape index (κ2) is 6.26. The van der Waals surface area contributed by atoms with Crippen molar-refractivity contribution >= 4 is 5.91 Å². The third kappa shape index (κ3) is 3.06. The van der Waals surface area contributed by atoms with Gasteiger partial charge in [0.25, 0.3) is 5.91 Å². The molecule has 0 unspecified atom stereocenters. The van der Waals surface area contributed by atoms with Crippen LogP contribution in [0.5, 0.6) is 0 Å². The molecule has 0 aliphatic carbocycles. The van der Waals surface area contributed by atoms with Crippen molar-refractivity contribution in [2.75, 3.05) is 0 Å². The molecule has 0 saturated carbocycles. The molecule has 0 aliphatic heterocycles. The van der Waals surface area contributed by atoms with E-state index in [-0.39, 0.29) is 5.91 Å². The van der Waals surface area contributed by atoms with E-state index in [4.69, 9.17) is 4.42 Å². The molecular formula is C16H16N4O2. The van der Waals surface area contributed by atoms with Gasteiger partial charge < -0.3 is 9.32 Å². The van der Waals surface area contributed by atoms with Gasteiger partial charge in [-0.15, -0.1) is 0 Å². The number of amides is 1. The minimum atomic E-state index is -0.0912. The number of aromatic amines is 1. The van der Waals surface area contributed by atoms with Gasteiger partial charge in [-0.05, 0) is 30.7 Å². The molecule has 0 spiro atoms. The number of aryl methyl sites for hydroxylation is 1. The standard InChI is InChI=1S/C16H16N4O2/c1-12-15(9-18-19-12)16(21)20(11-14-5-3-7-22-14)10-13-4-2-6-17-8-13/h2-9H,10-11H2,1H3,(H,18,19). The van der Waals surface area contributed by atoms with Crippen LogP contribution in [0.3, 0.4) is 0 Å². The summed E-state index contributed by atoms with van der Waals surface area (Å²) >= 11 is 0. The van der Waals surface area contributed by atoms with E-state index in [0.29, 0.717) is 18.7 Å². The van der Waals surface area contributed by atoms with Crippen molar-refractivity contribution in [1.29, 1.82) is 0 Å². The van der Waals surface area contributed by atoms with Crippen LogP contribution in [-0.4, -0.2) is 26.0 Å². The van der Waals surface area contributed by atoms with Crippen LogP contribution in [0, 0.1) is 6.92 Å². The van der Waals surface area contributed by atoms with E-state index in [1.807, 2.05) is 31.2 Å². The molecule has 0 aromatic carbocycles. The quantitative estimate of drug-likeness (QED) is 0.785. The first-order chi connectivity index (χ1) is 10.7. The van der Waals surface area contributed by atoms with Crippen LogP contribution in [0.2, 0.25) is 0 Å². The second-order valence-corrected chi connectivity index (χ2v) is 5.01. The van der Waals surface area contributed by atoms with Crippen LogP contribution in [0.1, 0.15) is 27.4 Å². The average Bonchev–Trinajstić information content (AvgIpc) is 3.18. The Bertz CT molecular complexity index is 735. The molecule has 3 aromatic rings. The molecule has 6 heteroatoms. The van der Waals surface area contributed by atoms with Gasteiger partial charge in [0.2, 0.25) is 0 Å². The summed E-state index contributed by atoms with van der Waals surface area (Å²) in [6, 6.07) is 7.46. The van der Waals surface area contributed by atoms with Gasteiger partial charge in [-0.2, -0.15) is 5.10 Å². The second-order valence-electron chi connectivity index (χ2n) is 5.01. The number of aromatic nitrogens is 3. The molecule has 6 nitrogen and oxygen atoms in total. The molecule has 3 heterocycles. The molecule has 22 heavy (non-hydrogen) atoms. The monoisotopic (exact) mass is 296 g/mol. The number of nitrogens with zero attached hydrogens (tertiary/aromatic N) is 3. The lowest BCUT2D eigenvalue weighted by atomic mass is 10.2. The summed E-state index contributed by atoms with van der Waals surface area (Å²) in [5.41, 5.74) is 2.28. The van der Waals surface area contributed by atoms with Crippen molar-refractivity contribution in [1.82, 2.24) is 20.1 Å². The Balaban J connectivity index is 1.85. The molecule has 0 bridgehead atoms. The van der Waals surface area contributed by atoms with Gasteiger partial charge >= 0.3 is 0 Å². The molecule has 112 valence electrons. The van der Waals surface area contributed by atoms with E-state index >= 15 is 0 Å². The van der Waals surface area contributed by atoms with Gasteiger partial charge in [0, 0.05) is 24.6 Å². The first-order valence-electron chi connectivity index (χ1n) is 6.94. The third-order valence-corrected chi connectivity index (χ3v) is 3.37. The molecule has 3 rings (SSSR count). The fourth-order valence-electron chi connectivity index (χ4n) is 2.24. The Hall–Kier alpha value is -2.89. The normalized spacial score (nSPS) is 10.6. The maximum Gasteiger partial charge on any atom is 0.258 e.